The molecule has 0 atom stereocenters. The number of aliphatic carboxylic acids is 1. The van der Waals surface area contributed by atoms with Crippen LogP contribution in [0.5, 0.6) is 0 Å². The molecular formula is C15H14N2O3. The SMILES string of the molecule is N#CC(C(=O)O)=C1CCN(C(=O)c2ccccc2)CC1. The van der Waals surface area contributed by atoms with Gasteiger partial charge in [-0.1, -0.05) is 18.2 Å². The molecule has 2 rings (SSSR count). The van der Waals surface area contributed by atoms with Crippen molar-refractivity contribution in [1.82, 2.24) is 4.90 Å². The van der Waals surface area contributed by atoms with E-state index in [1.165, 1.54) is 0 Å². The van der Waals surface area contributed by atoms with Gasteiger partial charge in [0.2, 0.25) is 0 Å². The number of nitrogens with zero attached hydrogens (tertiary/aromatic N) is 2. The molecule has 1 fully saturated rings. The van der Waals surface area contributed by atoms with Crippen molar-refractivity contribution in [3.05, 3.63) is 47.0 Å². The summed E-state index contributed by atoms with van der Waals surface area (Å²) in [7, 11) is 0. The van der Waals surface area contributed by atoms with Gasteiger partial charge in [-0.15, -0.1) is 0 Å². The standard InChI is InChI=1S/C15H14N2O3/c16-10-13(15(19)20)11-6-8-17(9-7-11)14(18)12-4-2-1-3-5-12/h1-5H,6-9H2,(H,19,20). The fourth-order valence-electron chi connectivity index (χ4n) is 2.27. The Hall–Kier alpha value is -2.61. The van der Waals surface area contributed by atoms with Gasteiger partial charge in [0.25, 0.3) is 5.91 Å². The minimum absolute atomic E-state index is 0.0570. The van der Waals surface area contributed by atoms with Crippen molar-refractivity contribution in [2.24, 2.45) is 0 Å². The molecule has 1 N–H and O–H groups in total. The Balaban J connectivity index is 2.07. The van der Waals surface area contributed by atoms with Gasteiger partial charge in [-0.2, -0.15) is 5.26 Å². The van der Waals surface area contributed by atoms with Gasteiger partial charge in [0.1, 0.15) is 11.6 Å². The Labute approximate surface area is 116 Å². The Kier molecular flexibility index (Phi) is 4.16. The van der Waals surface area contributed by atoms with E-state index in [-0.39, 0.29) is 11.5 Å². The van der Waals surface area contributed by atoms with E-state index < -0.39 is 5.97 Å². The maximum absolute atomic E-state index is 12.2. The topological polar surface area (TPSA) is 81.4 Å². The van der Waals surface area contributed by atoms with E-state index in [1.54, 1.807) is 35.2 Å². The molecule has 1 saturated heterocycles. The first-order valence-electron chi connectivity index (χ1n) is 6.33. The van der Waals surface area contributed by atoms with Crippen LogP contribution in [0.3, 0.4) is 0 Å². The number of rotatable bonds is 2. The molecule has 0 radical (unpaired) electrons. The number of benzene rings is 1. The van der Waals surface area contributed by atoms with Crippen molar-refractivity contribution in [2.45, 2.75) is 12.8 Å². The fraction of sp³-hybridized carbons (Fsp3) is 0.267. The Bertz CT molecular complexity index is 589. The monoisotopic (exact) mass is 270 g/mol. The van der Waals surface area contributed by atoms with Gasteiger partial charge in [-0.3, -0.25) is 4.79 Å². The predicted octanol–water partition coefficient (Wildman–Crippen LogP) is 1.83. The van der Waals surface area contributed by atoms with Crippen LogP contribution in [-0.4, -0.2) is 35.0 Å². The molecule has 1 aliphatic heterocycles. The molecule has 0 aliphatic carbocycles. The van der Waals surface area contributed by atoms with Gasteiger partial charge in [0, 0.05) is 18.7 Å². The highest BCUT2D eigenvalue weighted by atomic mass is 16.4. The molecule has 1 heterocycles. The lowest BCUT2D eigenvalue weighted by atomic mass is 9.98. The second-order valence-electron chi connectivity index (χ2n) is 4.55. The smallest absolute Gasteiger partial charge is 0.346 e. The second-order valence-corrected chi connectivity index (χ2v) is 4.55. The third-order valence-electron chi connectivity index (χ3n) is 3.35. The van der Waals surface area contributed by atoms with Gasteiger partial charge in [-0.25, -0.2) is 4.79 Å². The van der Waals surface area contributed by atoms with Crippen molar-refractivity contribution in [1.29, 1.82) is 5.26 Å². The van der Waals surface area contributed by atoms with E-state index in [0.29, 0.717) is 37.1 Å². The van der Waals surface area contributed by atoms with E-state index in [9.17, 15) is 9.59 Å². The number of carbonyl (C=O) groups excluding carboxylic acids is 1. The third-order valence-corrected chi connectivity index (χ3v) is 3.35. The highest BCUT2D eigenvalue weighted by Crippen LogP contribution is 2.21. The number of hydrogen-bond donors (Lipinski definition) is 1. The van der Waals surface area contributed by atoms with E-state index in [1.807, 2.05) is 6.07 Å². The predicted molar refractivity (Wildman–Crippen MR) is 71.9 cm³/mol. The van der Waals surface area contributed by atoms with E-state index >= 15 is 0 Å². The average Bonchev–Trinajstić information content (AvgIpc) is 2.48. The Morgan fingerprint density at radius 1 is 1.15 bits per heavy atom. The maximum atomic E-state index is 12.2. The van der Waals surface area contributed by atoms with Gasteiger partial charge >= 0.3 is 5.97 Å². The summed E-state index contributed by atoms with van der Waals surface area (Å²) in [6.45, 7) is 0.892. The second kappa shape index (κ2) is 6.02. The lowest BCUT2D eigenvalue weighted by Crippen LogP contribution is -2.36. The summed E-state index contributed by atoms with van der Waals surface area (Å²) in [5.41, 5.74) is 1.06. The van der Waals surface area contributed by atoms with Crippen LogP contribution in [0, 0.1) is 11.3 Å². The van der Waals surface area contributed by atoms with Gasteiger partial charge in [0.15, 0.2) is 0 Å². The van der Waals surface area contributed by atoms with Crippen LogP contribution in [0.15, 0.2) is 41.5 Å². The zero-order chi connectivity index (χ0) is 14.5. The van der Waals surface area contributed by atoms with Crippen LogP contribution in [0.25, 0.3) is 0 Å². The van der Waals surface area contributed by atoms with Crippen molar-refractivity contribution in [3.8, 4) is 6.07 Å². The first-order chi connectivity index (χ1) is 9.63. The summed E-state index contributed by atoms with van der Waals surface area (Å²) in [6, 6.07) is 10.7. The fourth-order valence-corrected chi connectivity index (χ4v) is 2.27. The minimum atomic E-state index is -1.19. The lowest BCUT2D eigenvalue weighted by molar-refractivity contribution is -0.132. The molecular weight excluding hydrogens is 256 g/mol. The van der Waals surface area contributed by atoms with Crippen molar-refractivity contribution in [3.63, 3.8) is 0 Å². The average molecular weight is 270 g/mol. The quantitative estimate of drug-likeness (QED) is 0.656. The highest BCUT2D eigenvalue weighted by Gasteiger charge is 2.23. The number of amides is 1. The molecule has 1 aromatic rings. The third kappa shape index (κ3) is 2.86. The summed E-state index contributed by atoms with van der Waals surface area (Å²) in [4.78, 5) is 24.8. The van der Waals surface area contributed by atoms with Crippen molar-refractivity contribution >= 4 is 11.9 Å². The molecule has 5 nitrogen and oxygen atoms in total. The largest absolute Gasteiger partial charge is 0.477 e. The molecule has 1 amide bonds. The molecule has 0 aromatic heterocycles. The van der Waals surface area contributed by atoms with Crippen LogP contribution in [-0.2, 0) is 4.79 Å². The highest BCUT2D eigenvalue weighted by molar-refractivity contribution is 5.94. The van der Waals surface area contributed by atoms with Crippen molar-refractivity contribution < 1.29 is 14.7 Å². The van der Waals surface area contributed by atoms with E-state index in [2.05, 4.69) is 0 Å². The number of carboxylic acid groups (broad SMARTS) is 1. The number of likely N-dealkylation sites (tertiary alicyclic amines) is 1. The van der Waals surface area contributed by atoms with E-state index in [0.717, 1.165) is 0 Å². The molecule has 0 unspecified atom stereocenters. The van der Waals surface area contributed by atoms with Crippen LogP contribution in [0.2, 0.25) is 0 Å². The Morgan fingerprint density at radius 2 is 1.75 bits per heavy atom. The summed E-state index contributed by atoms with van der Waals surface area (Å²) in [6.07, 6.45) is 0.877. The normalized spacial score (nSPS) is 14.6. The van der Waals surface area contributed by atoms with Crippen LogP contribution < -0.4 is 0 Å². The number of carbonyl (C=O) groups is 2. The minimum Gasteiger partial charge on any atom is -0.477 e. The Morgan fingerprint density at radius 3 is 2.25 bits per heavy atom. The first kappa shape index (κ1) is 13.8. The number of carboxylic acids is 1. The van der Waals surface area contributed by atoms with Crippen molar-refractivity contribution in [2.75, 3.05) is 13.1 Å². The molecule has 0 spiro atoms. The maximum Gasteiger partial charge on any atom is 0.346 e. The molecule has 5 heteroatoms. The molecule has 1 aromatic carbocycles. The molecule has 20 heavy (non-hydrogen) atoms. The summed E-state index contributed by atoms with van der Waals surface area (Å²) in [5, 5.41) is 17.8. The molecule has 0 bridgehead atoms. The first-order valence-corrected chi connectivity index (χ1v) is 6.33. The number of hydrogen-bond acceptors (Lipinski definition) is 3. The number of nitriles is 1. The van der Waals surface area contributed by atoms with Gasteiger partial charge < -0.3 is 10.0 Å². The molecule has 102 valence electrons. The lowest BCUT2D eigenvalue weighted by Gasteiger charge is -2.28. The zero-order valence-electron chi connectivity index (χ0n) is 10.9. The van der Waals surface area contributed by atoms with Gasteiger partial charge in [-0.05, 0) is 30.5 Å². The number of piperidine rings is 1. The molecule has 0 saturated carbocycles. The van der Waals surface area contributed by atoms with Gasteiger partial charge in [0.05, 0.1) is 0 Å². The van der Waals surface area contributed by atoms with E-state index in [4.69, 9.17) is 10.4 Å². The molecule has 1 aliphatic rings. The summed E-state index contributed by atoms with van der Waals surface area (Å²) < 4.78 is 0. The summed E-state index contributed by atoms with van der Waals surface area (Å²) >= 11 is 0. The zero-order valence-corrected chi connectivity index (χ0v) is 10.9. The summed E-state index contributed by atoms with van der Waals surface area (Å²) in [5.74, 6) is -1.25. The van der Waals surface area contributed by atoms with Crippen LogP contribution in [0.4, 0.5) is 0 Å². The van der Waals surface area contributed by atoms with Crippen LogP contribution >= 0.6 is 0 Å². The van der Waals surface area contributed by atoms with Crippen LogP contribution in [0.1, 0.15) is 23.2 Å².